The molecule has 0 saturated heterocycles. The molecular weight excluding hydrogens is 230 g/mol. The van der Waals surface area contributed by atoms with Gasteiger partial charge < -0.3 is 5.32 Å². The molecular formula is C8H11N5O2S. The van der Waals surface area contributed by atoms with Crippen LogP contribution >= 0.6 is 0 Å². The van der Waals surface area contributed by atoms with Crippen molar-refractivity contribution in [3.63, 3.8) is 0 Å². The normalized spacial score (nSPS) is 10.8. The van der Waals surface area contributed by atoms with E-state index in [-0.39, 0.29) is 18.1 Å². The highest BCUT2D eigenvalue weighted by molar-refractivity contribution is 7.89. The van der Waals surface area contributed by atoms with E-state index in [1.807, 2.05) is 6.07 Å². The van der Waals surface area contributed by atoms with Crippen molar-refractivity contribution in [3.8, 4) is 6.07 Å². The van der Waals surface area contributed by atoms with Crippen LogP contribution in [0.5, 0.6) is 0 Å². The second-order valence-corrected chi connectivity index (χ2v) is 4.90. The van der Waals surface area contributed by atoms with Crippen molar-refractivity contribution in [3.05, 3.63) is 17.8 Å². The maximum absolute atomic E-state index is 11.1. The smallest absolute Gasteiger partial charge is 0.213 e. The summed E-state index contributed by atoms with van der Waals surface area (Å²) in [6.45, 7) is 0.163. The van der Waals surface area contributed by atoms with E-state index in [1.54, 1.807) is 0 Å². The molecule has 1 heterocycles. The molecule has 16 heavy (non-hydrogen) atoms. The molecule has 0 saturated carbocycles. The molecule has 0 unspecified atom stereocenters. The van der Waals surface area contributed by atoms with E-state index in [1.165, 1.54) is 19.3 Å². The number of hydrogen-bond acceptors (Lipinski definition) is 6. The number of sulfonamides is 1. The van der Waals surface area contributed by atoms with Gasteiger partial charge in [0.25, 0.3) is 0 Å². The summed E-state index contributed by atoms with van der Waals surface area (Å²) in [5.74, 6) is 0.196. The van der Waals surface area contributed by atoms with E-state index < -0.39 is 10.0 Å². The number of hydrogen-bond donors (Lipinski definition) is 2. The average molecular weight is 241 g/mol. The fourth-order valence-corrected chi connectivity index (χ4v) is 1.53. The third kappa shape index (κ3) is 3.45. The van der Waals surface area contributed by atoms with E-state index in [4.69, 9.17) is 5.26 Å². The number of aromatic nitrogens is 2. The zero-order valence-electron chi connectivity index (χ0n) is 8.64. The molecule has 1 rings (SSSR count). The number of nitrogens with zero attached hydrogens (tertiary/aromatic N) is 3. The minimum atomic E-state index is -3.25. The van der Waals surface area contributed by atoms with Gasteiger partial charge >= 0.3 is 0 Å². The van der Waals surface area contributed by atoms with Gasteiger partial charge in [-0.3, -0.25) is 0 Å². The Balaban J connectivity index is 2.60. The number of rotatable bonds is 5. The van der Waals surface area contributed by atoms with Crippen LogP contribution in [-0.4, -0.2) is 38.0 Å². The Morgan fingerprint density at radius 2 is 2.31 bits per heavy atom. The first-order valence-electron chi connectivity index (χ1n) is 4.46. The van der Waals surface area contributed by atoms with E-state index >= 15 is 0 Å². The molecule has 0 aliphatic carbocycles. The Labute approximate surface area is 93.6 Å². The van der Waals surface area contributed by atoms with Gasteiger partial charge in [0.1, 0.15) is 6.07 Å². The van der Waals surface area contributed by atoms with Crippen LogP contribution in [-0.2, 0) is 10.0 Å². The molecule has 8 heteroatoms. The molecule has 0 amide bonds. The highest BCUT2D eigenvalue weighted by Crippen LogP contribution is 2.07. The third-order valence-electron chi connectivity index (χ3n) is 1.82. The summed E-state index contributed by atoms with van der Waals surface area (Å²) in [5, 5.41) is 18.8. The van der Waals surface area contributed by atoms with Crippen molar-refractivity contribution in [2.75, 3.05) is 24.7 Å². The first-order valence-corrected chi connectivity index (χ1v) is 6.11. The molecule has 0 radical (unpaired) electrons. The van der Waals surface area contributed by atoms with Crippen molar-refractivity contribution in [1.82, 2.24) is 14.9 Å². The lowest BCUT2D eigenvalue weighted by Crippen LogP contribution is -2.26. The Bertz CT molecular complexity index is 493. The Hall–Kier alpha value is -1.72. The minimum absolute atomic E-state index is 0.0923. The monoisotopic (exact) mass is 241 g/mol. The molecule has 1 aromatic heterocycles. The molecule has 2 N–H and O–H groups in total. The Kier molecular flexibility index (Phi) is 4.16. The molecule has 0 aromatic carbocycles. The summed E-state index contributed by atoms with van der Waals surface area (Å²) in [5.41, 5.74) is 0.330. The highest BCUT2D eigenvalue weighted by Gasteiger charge is 2.07. The van der Waals surface area contributed by atoms with Crippen LogP contribution < -0.4 is 10.0 Å². The molecule has 86 valence electrons. The van der Waals surface area contributed by atoms with E-state index in [0.29, 0.717) is 5.56 Å². The van der Waals surface area contributed by atoms with Crippen molar-refractivity contribution in [1.29, 1.82) is 5.26 Å². The van der Waals surface area contributed by atoms with Crippen LogP contribution in [0.25, 0.3) is 0 Å². The van der Waals surface area contributed by atoms with E-state index in [0.717, 1.165) is 0 Å². The van der Waals surface area contributed by atoms with Crippen molar-refractivity contribution in [2.24, 2.45) is 0 Å². The van der Waals surface area contributed by atoms with Crippen LogP contribution in [0.15, 0.2) is 12.3 Å². The van der Waals surface area contributed by atoms with Gasteiger partial charge in [-0.2, -0.15) is 10.4 Å². The van der Waals surface area contributed by atoms with E-state index in [2.05, 4.69) is 20.2 Å². The molecule has 0 atom stereocenters. The summed E-state index contributed by atoms with van der Waals surface area (Å²) in [7, 11) is -1.91. The maximum atomic E-state index is 11.1. The Morgan fingerprint density at radius 1 is 1.56 bits per heavy atom. The SMILES string of the molecule is CNS(=O)(=O)CCNc1nnccc1C#N. The van der Waals surface area contributed by atoms with Gasteiger partial charge in [-0.15, -0.1) is 5.10 Å². The van der Waals surface area contributed by atoms with Crippen molar-refractivity contribution in [2.45, 2.75) is 0 Å². The summed E-state index contributed by atoms with van der Waals surface area (Å²) in [6, 6.07) is 3.43. The van der Waals surface area contributed by atoms with Crippen LogP contribution in [0.4, 0.5) is 5.82 Å². The largest absolute Gasteiger partial charge is 0.366 e. The first-order chi connectivity index (χ1) is 7.59. The zero-order valence-corrected chi connectivity index (χ0v) is 9.45. The van der Waals surface area contributed by atoms with Gasteiger partial charge in [0.05, 0.1) is 17.5 Å². The molecule has 0 bridgehead atoms. The summed E-state index contributed by atoms with van der Waals surface area (Å²) in [6.07, 6.45) is 1.40. The highest BCUT2D eigenvalue weighted by atomic mass is 32.2. The van der Waals surface area contributed by atoms with Crippen molar-refractivity contribution >= 4 is 15.8 Å². The average Bonchev–Trinajstić information content (AvgIpc) is 2.29. The van der Waals surface area contributed by atoms with Crippen LogP contribution in [0.3, 0.4) is 0 Å². The predicted molar refractivity (Wildman–Crippen MR) is 58.1 cm³/mol. The Morgan fingerprint density at radius 3 is 2.94 bits per heavy atom. The predicted octanol–water partition coefficient (Wildman–Crippen LogP) is -0.691. The quantitative estimate of drug-likeness (QED) is 0.706. The van der Waals surface area contributed by atoms with Gasteiger partial charge in [0, 0.05) is 6.54 Å². The molecule has 0 spiro atoms. The summed E-state index contributed by atoms with van der Waals surface area (Å²) < 4.78 is 24.4. The summed E-state index contributed by atoms with van der Waals surface area (Å²) in [4.78, 5) is 0. The first kappa shape index (κ1) is 12.4. The topological polar surface area (TPSA) is 108 Å². The second-order valence-electron chi connectivity index (χ2n) is 2.86. The number of nitriles is 1. The number of nitrogens with one attached hydrogen (secondary N) is 2. The van der Waals surface area contributed by atoms with Gasteiger partial charge in [0.2, 0.25) is 10.0 Å². The molecule has 0 aliphatic heterocycles. The molecule has 0 aliphatic rings. The van der Waals surface area contributed by atoms with Crippen LogP contribution in [0, 0.1) is 11.3 Å². The van der Waals surface area contributed by atoms with E-state index in [9.17, 15) is 8.42 Å². The third-order valence-corrected chi connectivity index (χ3v) is 3.18. The second kappa shape index (κ2) is 5.39. The lowest BCUT2D eigenvalue weighted by molar-refractivity contribution is 0.588. The lowest BCUT2D eigenvalue weighted by Gasteiger charge is -2.05. The molecule has 7 nitrogen and oxygen atoms in total. The van der Waals surface area contributed by atoms with Gasteiger partial charge in [0.15, 0.2) is 5.82 Å². The van der Waals surface area contributed by atoms with Gasteiger partial charge in [-0.05, 0) is 13.1 Å². The number of anilines is 1. The van der Waals surface area contributed by atoms with Crippen molar-refractivity contribution < 1.29 is 8.42 Å². The summed E-state index contributed by atoms with van der Waals surface area (Å²) >= 11 is 0. The molecule has 0 fully saturated rings. The fraction of sp³-hybridized carbons (Fsp3) is 0.375. The minimum Gasteiger partial charge on any atom is -0.366 e. The van der Waals surface area contributed by atoms with Crippen LogP contribution in [0.2, 0.25) is 0 Å². The van der Waals surface area contributed by atoms with Gasteiger partial charge in [-0.1, -0.05) is 0 Å². The maximum Gasteiger partial charge on any atom is 0.213 e. The zero-order chi connectivity index (χ0) is 12.0. The lowest BCUT2D eigenvalue weighted by atomic mass is 10.3. The fourth-order valence-electron chi connectivity index (χ4n) is 0.958. The molecule has 1 aromatic rings. The standard InChI is InChI=1S/C8H11N5O2S/c1-10-16(14,15)5-4-11-8-7(6-9)2-3-12-13-8/h2-3,10H,4-5H2,1H3,(H,11,13). The van der Waals surface area contributed by atoms with Crippen LogP contribution in [0.1, 0.15) is 5.56 Å². The van der Waals surface area contributed by atoms with Gasteiger partial charge in [-0.25, -0.2) is 13.1 Å².